The van der Waals surface area contributed by atoms with Crippen LogP contribution in [0.3, 0.4) is 0 Å². The number of nitrogens with zero attached hydrogens (tertiary/aromatic N) is 2. The van der Waals surface area contributed by atoms with E-state index in [2.05, 4.69) is 0 Å². The lowest BCUT2D eigenvalue weighted by molar-refractivity contribution is -0.114. The summed E-state index contributed by atoms with van der Waals surface area (Å²) in [6, 6.07) is 17.1. The van der Waals surface area contributed by atoms with E-state index in [0.717, 1.165) is 16.9 Å². The monoisotopic (exact) mass is 514 g/mol. The number of allylic oxidation sites excluding steroid dienone is 1. The molecule has 0 saturated heterocycles. The van der Waals surface area contributed by atoms with Crippen molar-refractivity contribution < 1.29 is 29.0 Å². The number of esters is 1. The maximum atomic E-state index is 13.0. The van der Waals surface area contributed by atoms with Crippen LogP contribution in [0.1, 0.15) is 54.1 Å². The van der Waals surface area contributed by atoms with Crippen molar-refractivity contribution in [3.05, 3.63) is 91.7 Å². The molecule has 0 aliphatic heterocycles. The summed E-state index contributed by atoms with van der Waals surface area (Å²) in [5.41, 5.74) is 1.97. The third-order valence-electron chi connectivity index (χ3n) is 5.35. The minimum Gasteiger partial charge on any atom is -0.488 e. The van der Waals surface area contributed by atoms with E-state index in [1.165, 1.54) is 18.2 Å². The predicted molar refractivity (Wildman–Crippen MR) is 136 cm³/mol. The van der Waals surface area contributed by atoms with Crippen LogP contribution >= 0.6 is 11.3 Å². The van der Waals surface area contributed by atoms with E-state index < -0.39 is 17.7 Å². The van der Waals surface area contributed by atoms with E-state index in [-0.39, 0.29) is 41.2 Å². The van der Waals surface area contributed by atoms with E-state index in [1.54, 1.807) is 50.2 Å². The second kappa shape index (κ2) is 12.3. The summed E-state index contributed by atoms with van der Waals surface area (Å²) >= 11 is 1.02. The Bertz CT molecular complexity index is 1460. The van der Waals surface area contributed by atoms with Gasteiger partial charge in [-0.1, -0.05) is 30.3 Å². The van der Waals surface area contributed by atoms with Gasteiger partial charge in [-0.2, -0.15) is 10.5 Å². The number of para-hydroxylation sites is 1. The number of benzene rings is 2. The lowest BCUT2D eigenvalue weighted by Gasteiger charge is -2.10. The van der Waals surface area contributed by atoms with E-state index in [9.17, 15) is 24.9 Å². The Labute approximate surface area is 217 Å². The number of hydrogen-bond donors (Lipinski definition) is 1. The number of thiophene rings is 1. The smallest absolute Gasteiger partial charge is 0.348 e. The molecule has 0 spiro atoms. The first-order valence-electron chi connectivity index (χ1n) is 11.2. The Morgan fingerprint density at radius 2 is 1.78 bits per heavy atom. The first-order valence-corrected chi connectivity index (χ1v) is 12.0. The van der Waals surface area contributed by atoms with E-state index in [4.69, 9.17) is 14.6 Å². The van der Waals surface area contributed by atoms with Gasteiger partial charge in [0.2, 0.25) is 0 Å². The highest BCUT2D eigenvalue weighted by Crippen LogP contribution is 2.30. The minimum atomic E-state index is -1.02. The topological polar surface area (TPSA) is 137 Å². The van der Waals surface area contributed by atoms with Crippen molar-refractivity contribution in [2.24, 2.45) is 0 Å². The van der Waals surface area contributed by atoms with Crippen molar-refractivity contribution in [3.8, 4) is 17.9 Å². The summed E-state index contributed by atoms with van der Waals surface area (Å²) in [5.74, 6) is -1.65. The molecule has 37 heavy (non-hydrogen) atoms. The van der Waals surface area contributed by atoms with Crippen LogP contribution in [0, 0.1) is 29.6 Å². The first kappa shape index (κ1) is 26.9. The second-order valence-corrected chi connectivity index (χ2v) is 8.89. The molecule has 2 aromatic carbocycles. The Balaban J connectivity index is 1.82. The molecule has 1 aromatic heterocycles. The number of carbonyl (C=O) groups excluding carboxylic acids is 2. The highest BCUT2D eigenvalue weighted by Gasteiger charge is 2.23. The summed E-state index contributed by atoms with van der Waals surface area (Å²) in [5, 5.41) is 28.3. The number of carboxylic acid groups (broad SMARTS) is 1. The van der Waals surface area contributed by atoms with Crippen LogP contribution < -0.4 is 4.74 Å². The zero-order valence-electron chi connectivity index (χ0n) is 20.1. The van der Waals surface area contributed by atoms with Crippen LogP contribution in [-0.4, -0.2) is 29.4 Å². The molecule has 3 rings (SSSR count). The fraction of sp³-hybridized carbons (Fsp3) is 0.179. The molecule has 0 fully saturated rings. The van der Waals surface area contributed by atoms with Crippen LogP contribution in [0.5, 0.6) is 5.75 Å². The van der Waals surface area contributed by atoms with E-state index in [1.807, 2.05) is 12.1 Å². The van der Waals surface area contributed by atoms with Crippen molar-refractivity contribution >= 4 is 35.1 Å². The average molecular weight is 515 g/mol. The number of carboxylic acids is 1. The summed E-state index contributed by atoms with van der Waals surface area (Å²) in [4.78, 5) is 36.9. The molecule has 186 valence electrons. The van der Waals surface area contributed by atoms with Gasteiger partial charge in [0.1, 0.15) is 29.4 Å². The van der Waals surface area contributed by atoms with Crippen LogP contribution in [-0.2, 0) is 22.6 Å². The molecular formula is C28H22N2O6S. The lowest BCUT2D eigenvalue weighted by Crippen LogP contribution is -2.05. The van der Waals surface area contributed by atoms with Gasteiger partial charge in [0.05, 0.1) is 23.3 Å². The molecular weight excluding hydrogens is 492 g/mol. The first-order chi connectivity index (χ1) is 17.8. The second-order valence-electron chi connectivity index (χ2n) is 7.78. The summed E-state index contributed by atoms with van der Waals surface area (Å²) in [6.07, 6.45) is 1.20. The van der Waals surface area contributed by atoms with Crippen LogP contribution in [0.4, 0.5) is 0 Å². The maximum absolute atomic E-state index is 13.0. The summed E-state index contributed by atoms with van der Waals surface area (Å²) in [6.45, 7) is 3.64. The molecule has 0 atom stereocenters. The Morgan fingerprint density at radius 3 is 2.41 bits per heavy atom. The van der Waals surface area contributed by atoms with Gasteiger partial charge in [-0.05, 0) is 49.2 Å². The molecule has 0 saturated carbocycles. The summed E-state index contributed by atoms with van der Waals surface area (Å²) < 4.78 is 10.9. The number of carbonyl (C=O) groups is 3. The highest BCUT2D eigenvalue weighted by molar-refractivity contribution is 7.14. The SMILES string of the molecule is CCOC(=O)c1sc(CC(=O)/C(C#N)=C/c2ccccc2OCc2ccc(C(=O)O)cc2)c(C#N)c1C. The Hall–Kier alpha value is -4.73. The Morgan fingerprint density at radius 1 is 1.08 bits per heavy atom. The summed E-state index contributed by atoms with van der Waals surface area (Å²) in [7, 11) is 0. The molecule has 0 amide bonds. The van der Waals surface area contributed by atoms with Gasteiger partial charge < -0.3 is 14.6 Å². The third-order valence-corrected chi connectivity index (χ3v) is 6.62. The van der Waals surface area contributed by atoms with Crippen molar-refractivity contribution in [3.63, 3.8) is 0 Å². The van der Waals surface area contributed by atoms with Crippen molar-refractivity contribution in [2.45, 2.75) is 26.9 Å². The fourth-order valence-corrected chi connectivity index (χ4v) is 4.59. The molecule has 8 nitrogen and oxygen atoms in total. The molecule has 0 bridgehead atoms. The van der Waals surface area contributed by atoms with Gasteiger partial charge >= 0.3 is 11.9 Å². The predicted octanol–water partition coefficient (Wildman–Crippen LogP) is 5.10. The molecule has 1 heterocycles. The Kier molecular flexibility index (Phi) is 8.93. The molecule has 1 N–H and O–H groups in total. The van der Waals surface area contributed by atoms with Crippen molar-refractivity contribution in [1.29, 1.82) is 10.5 Å². The van der Waals surface area contributed by atoms with Gasteiger partial charge in [-0.3, -0.25) is 4.79 Å². The average Bonchev–Trinajstić information content (AvgIpc) is 3.21. The van der Waals surface area contributed by atoms with Gasteiger partial charge in [-0.25, -0.2) is 9.59 Å². The normalized spacial score (nSPS) is 10.8. The largest absolute Gasteiger partial charge is 0.488 e. The number of aromatic carboxylic acids is 1. The van der Waals surface area contributed by atoms with Gasteiger partial charge in [0.15, 0.2) is 5.78 Å². The fourth-order valence-electron chi connectivity index (χ4n) is 3.44. The van der Waals surface area contributed by atoms with Crippen molar-refractivity contribution in [2.75, 3.05) is 6.61 Å². The van der Waals surface area contributed by atoms with Crippen LogP contribution in [0.15, 0.2) is 54.1 Å². The number of hydrogen-bond acceptors (Lipinski definition) is 8. The number of Topliss-reactive ketones (excluding diaryl/α,β-unsaturated/α-hetero) is 1. The standard InChI is InChI=1S/C28H22N2O6S/c1-3-35-28(34)26-17(2)22(15-30)25(37-26)13-23(31)21(14-29)12-20-6-4-5-7-24(20)36-16-18-8-10-19(11-9-18)27(32)33/h4-12H,3,13,16H2,1-2H3,(H,32,33)/b21-12+. The quantitative estimate of drug-likeness (QED) is 0.224. The number of ketones is 1. The lowest BCUT2D eigenvalue weighted by atomic mass is 10.0. The zero-order chi connectivity index (χ0) is 26.9. The molecule has 0 unspecified atom stereocenters. The molecule has 0 aliphatic carbocycles. The van der Waals surface area contributed by atoms with Gasteiger partial charge in [0.25, 0.3) is 0 Å². The minimum absolute atomic E-state index is 0.130. The molecule has 0 aliphatic rings. The number of ether oxygens (including phenoxy) is 2. The zero-order valence-corrected chi connectivity index (χ0v) is 20.9. The number of rotatable bonds is 10. The highest BCUT2D eigenvalue weighted by atomic mass is 32.1. The van der Waals surface area contributed by atoms with Crippen LogP contribution in [0.2, 0.25) is 0 Å². The van der Waals surface area contributed by atoms with E-state index >= 15 is 0 Å². The van der Waals surface area contributed by atoms with Gasteiger partial charge in [0, 0.05) is 16.9 Å². The third kappa shape index (κ3) is 6.49. The molecule has 9 heteroatoms. The number of nitriles is 2. The van der Waals surface area contributed by atoms with Gasteiger partial charge in [-0.15, -0.1) is 11.3 Å². The van der Waals surface area contributed by atoms with Crippen LogP contribution in [0.25, 0.3) is 6.08 Å². The maximum Gasteiger partial charge on any atom is 0.348 e. The molecule has 3 aromatic rings. The van der Waals surface area contributed by atoms with E-state index in [0.29, 0.717) is 21.8 Å². The van der Waals surface area contributed by atoms with Crippen molar-refractivity contribution in [1.82, 2.24) is 0 Å². The molecule has 0 radical (unpaired) electrons.